The molecule has 0 atom stereocenters. The summed E-state index contributed by atoms with van der Waals surface area (Å²) >= 11 is 0. The van der Waals surface area contributed by atoms with Gasteiger partial charge in [-0.05, 0) is 30.3 Å². The lowest BCUT2D eigenvalue weighted by Gasteiger charge is -2.13. The van der Waals surface area contributed by atoms with Crippen LogP contribution in [0.1, 0.15) is 11.1 Å². The van der Waals surface area contributed by atoms with Gasteiger partial charge in [0.2, 0.25) is 0 Å². The number of hydrogen-bond acceptors (Lipinski definition) is 4. The van der Waals surface area contributed by atoms with Gasteiger partial charge in [0, 0.05) is 29.4 Å². The molecule has 0 saturated carbocycles. The molecule has 0 saturated heterocycles. The van der Waals surface area contributed by atoms with Crippen molar-refractivity contribution in [3.05, 3.63) is 53.3 Å². The first-order valence-corrected chi connectivity index (χ1v) is 7.28. The second-order valence-electron chi connectivity index (χ2n) is 4.98. The van der Waals surface area contributed by atoms with Crippen LogP contribution < -0.4 is 20.5 Å². The molecule has 0 radical (unpaired) electrons. The summed E-state index contributed by atoms with van der Waals surface area (Å²) in [6.45, 7) is -0.732. The normalized spacial score (nSPS) is 10.3. The van der Waals surface area contributed by atoms with Gasteiger partial charge in [0.1, 0.15) is 24.9 Å². The molecule has 24 heavy (non-hydrogen) atoms. The lowest BCUT2D eigenvalue weighted by molar-refractivity contribution is 0.260. The van der Waals surface area contributed by atoms with Crippen molar-refractivity contribution in [3.63, 3.8) is 0 Å². The third-order valence-electron chi connectivity index (χ3n) is 3.34. The van der Waals surface area contributed by atoms with Crippen molar-refractivity contribution in [1.82, 2.24) is 0 Å². The highest BCUT2D eigenvalue weighted by molar-refractivity contribution is 5.95. The molecule has 2 aromatic rings. The zero-order valence-electron chi connectivity index (χ0n) is 13.2. The molecule has 0 spiro atoms. The number of nitrogens with one attached hydrogen (secondary N) is 2. The molecule has 4 N–H and O–H groups in total. The number of ether oxygens (including phenoxy) is 2. The minimum Gasteiger partial charge on any atom is -0.497 e. The fourth-order valence-electron chi connectivity index (χ4n) is 2.09. The molecule has 0 aliphatic heterocycles. The Morgan fingerprint density at radius 2 is 1.96 bits per heavy atom. The Balaban J connectivity index is 2.14. The van der Waals surface area contributed by atoms with Gasteiger partial charge in [-0.1, -0.05) is 0 Å². The van der Waals surface area contributed by atoms with Crippen LogP contribution in [0.25, 0.3) is 0 Å². The van der Waals surface area contributed by atoms with Crippen molar-refractivity contribution >= 4 is 11.5 Å². The predicted octanol–water partition coefficient (Wildman–Crippen LogP) is 3.08. The molecule has 5 nitrogen and oxygen atoms in total. The van der Waals surface area contributed by atoms with E-state index in [1.165, 1.54) is 13.2 Å². The van der Waals surface area contributed by atoms with E-state index in [4.69, 9.17) is 20.6 Å². The van der Waals surface area contributed by atoms with E-state index < -0.39 is 12.5 Å². The van der Waals surface area contributed by atoms with Crippen LogP contribution >= 0.6 is 0 Å². The van der Waals surface area contributed by atoms with E-state index in [9.17, 15) is 8.78 Å². The van der Waals surface area contributed by atoms with Crippen LogP contribution in [0.2, 0.25) is 0 Å². The van der Waals surface area contributed by atoms with Crippen molar-refractivity contribution in [2.75, 3.05) is 25.7 Å². The summed E-state index contributed by atoms with van der Waals surface area (Å²) in [7, 11) is 1.46. The van der Waals surface area contributed by atoms with Gasteiger partial charge in [0.15, 0.2) is 11.6 Å². The lowest BCUT2D eigenvalue weighted by atomic mass is 10.1. The number of nitrogens with two attached hydrogens (primary N) is 1. The van der Waals surface area contributed by atoms with Gasteiger partial charge in [-0.15, -0.1) is 0 Å². The molecule has 0 fully saturated rings. The van der Waals surface area contributed by atoms with Gasteiger partial charge in [0.25, 0.3) is 0 Å². The Labute approximate surface area is 138 Å². The Kier molecular flexibility index (Phi) is 5.95. The monoisotopic (exact) mass is 335 g/mol. The highest BCUT2D eigenvalue weighted by Gasteiger charge is 2.13. The molecule has 0 amide bonds. The van der Waals surface area contributed by atoms with Crippen LogP contribution in [0.5, 0.6) is 11.5 Å². The maximum Gasteiger partial charge on any atom is 0.170 e. The van der Waals surface area contributed by atoms with Crippen molar-refractivity contribution in [1.29, 1.82) is 5.41 Å². The van der Waals surface area contributed by atoms with Gasteiger partial charge in [0.05, 0.1) is 7.11 Å². The summed E-state index contributed by atoms with van der Waals surface area (Å²) in [5.74, 6) is -0.197. The standard InChI is InChI=1S/C17H19F2N3O2/c1-23-14-8-12(16(19)15(9-14)24-7-6-18)10-22-13-4-2-11(3-5-13)17(20)21/h2-5,8-9,22H,6-7,10H2,1H3,(H3,20,21). The minimum absolute atomic E-state index is 0.0185. The van der Waals surface area contributed by atoms with Crippen LogP contribution in [0.4, 0.5) is 14.5 Å². The third-order valence-corrected chi connectivity index (χ3v) is 3.34. The quantitative estimate of drug-likeness (QED) is 0.511. The van der Waals surface area contributed by atoms with Crippen LogP contribution in [0.15, 0.2) is 36.4 Å². The summed E-state index contributed by atoms with van der Waals surface area (Å²) in [6, 6.07) is 9.82. The van der Waals surface area contributed by atoms with Crippen LogP contribution in [0, 0.1) is 11.2 Å². The fourth-order valence-corrected chi connectivity index (χ4v) is 2.09. The number of nitrogen functional groups attached to an aromatic ring is 1. The number of amidine groups is 1. The molecule has 2 rings (SSSR count). The predicted molar refractivity (Wildman–Crippen MR) is 89.2 cm³/mol. The second-order valence-corrected chi connectivity index (χ2v) is 4.98. The largest absolute Gasteiger partial charge is 0.497 e. The van der Waals surface area contributed by atoms with Crippen molar-refractivity contribution in [3.8, 4) is 11.5 Å². The summed E-state index contributed by atoms with van der Waals surface area (Å²) in [6.07, 6.45) is 0. The Hall–Kier alpha value is -2.83. The van der Waals surface area contributed by atoms with Gasteiger partial charge < -0.3 is 20.5 Å². The first-order chi connectivity index (χ1) is 11.5. The van der Waals surface area contributed by atoms with Crippen LogP contribution in [-0.4, -0.2) is 26.2 Å². The SMILES string of the molecule is COc1cc(CNc2ccc(C(=N)N)cc2)c(F)c(OCCF)c1. The molecule has 0 aromatic heterocycles. The zero-order chi connectivity index (χ0) is 17.5. The van der Waals surface area contributed by atoms with Gasteiger partial charge in [-0.3, -0.25) is 5.41 Å². The topological polar surface area (TPSA) is 80.4 Å². The van der Waals surface area contributed by atoms with Crippen molar-refractivity contribution < 1.29 is 18.3 Å². The molecule has 128 valence electrons. The maximum atomic E-state index is 14.4. The zero-order valence-corrected chi connectivity index (χ0v) is 13.2. The summed E-state index contributed by atoms with van der Waals surface area (Å²) in [5.41, 5.74) is 7.08. The first-order valence-electron chi connectivity index (χ1n) is 7.28. The smallest absolute Gasteiger partial charge is 0.170 e. The van der Waals surface area contributed by atoms with Crippen molar-refractivity contribution in [2.24, 2.45) is 5.73 Å². The van der Waals surface area contributed by atoms with Gasteiger partial charge in [-0.25, -0.2) is 8.78 Å². The number of alkyl halides is 1. The van der Waals surface area contributed by atoms with E-state index in [1.54, 1.807) is 30.3 Å². The summed E-state index contributed by atoms with van der Waals surface area (Å²) in [5, 5.41) is 10.4. The number of methoxy groups -OCH3 is 1. The maximum absolute atomic E-state index is 14.4. The fraction of sp³-hybridized carbons (Fsp3) is 0.235. The van der Waals surface area contributed by atoms with E-state index in [2.05, 4.69) is 5.32 Å². The Morgan fingerprint density at radius 1 is 1.25 bits per heavy atom. The first kappa shape index (κ1) is 17.5. The number of halogens is 2. The lowest BCUT2D eigenvalue weighted by Crippen LogP contribution is -2.11. The number of hydrogen-bond donors (Lipinski definition) is 3. The van der Waals surface area contributed by atoms with E-state index in [0.717, 1.165) is 5.69 Å². The van der Waals surface area contributed by atoms with E-state index in [0.29, 0.717) is 16.9 Å². The third kappa shape index (κ3) is 4.34. The minimum atomic E-state index is -0.702. The highest BCUT2D eigenvalue weighted by atomic mass is 19.1. The molecule has 0 aliphatic carbocycles. The Bertz CT molecular complexity index is 706. The molecule has 7 heteroatoms. The molecule has 2 aromatic carbocycles. The number of benzene rings is 2. The molecule has 0 aliphatic rings. The molecular weight excluding hydrogens is 316 g/mol. The summed E-state index contributed by atoms with van der Waals surface area (Å²) < 4.78 is 36.8. The van der Waals surface area contributed by atoms with Gasteiger partial charge in [-0.2, -0.15) is 0 Å². The van der Waals surface area contributed by atoms with Gasteiger partial charge >= 0.3 is 0 Å². The van der Waals surface area contributed by atoms with Crippen molar-refractivity contribution in [2.45, 2.75) is 6.54 Å². The molecule has 0 bridgehead atoms. The Morgan fingerprint density at radius 3 is 2.54 bits per heavy atom. The second kappa shape index (κ2) is 8.14. The van der Waals surface area contributed by atoms with E-state index in [-0.39, 0.29) is 24.7 Å². The van der Waals surface area contributed by atoms with E-state index in [1.807, 2.05) is 0 Å². The molecule has 0 heterocycles. The molecule has 0 unspecified atom stereocenters. The van der Waals surface area contributed by atoms with E-state index >= 15 is 0 Å². The molecular formula is C17H19F2N3O2. The average molecular weight is 335 g/mol. The average Bonchev–Trinajstić information content (AvgIpc) is 2.60. The highest BCUT2D eigenvalue weighted by Crippen LogP contribution is 2.28. The van der Waals surface area contributed by atoms with Crippen LogP contribution in [0.3, 0.4) is 0 Å². The number of rotatable bonds is 8. The van der Waals surface area contributed by atoms with Crippen LogP contribution in [-0.2, 0) is 6.54 Å². The summed E-state index contributed by atoms with van der Waals surface area (Å²) in [4.78, 5) is 0. The number of anilines is 1.